The number of hydrogen-bond acceptors (Lipinski definition) is 4. The molecule has 0 aliphatic carbocycles. The third-order valence-corrected chi connectivity index (χ3v) is 2.54. The van der Waals surface area contributed by atoms with Crippen molar-refractivity contribution in [1.82, 2.24) is 4.98 Å². The number of hydrazine groups is 1. The molecule has 2 aromatic rings. The average Bonchev–Trinajstić information content (AvgIpc) is 2.41. The summed E-state index contributed by atoms with van der Waals surface area (Å²) in [5.41, 5.74) is 4.48. The summed E-state index contributed by atoms with van der Waals surface area (Å²) in [4.78, 5) is 16.1. The van der Waals surface area contributed by atoms with E-state index in [1.165, 1.54) is 30.5 Å². The van der Waals surface area contributed by atoms with Gasteiger partial charge in [0.15, 0.2) is 0 Å². The minimum atomic E-state index is -0.368. The second-order valence-corrected chi connectivity index (χ2v) is 3.98. The number of hydrogen-bond donors (Lipinski definition) is 3. The molecular weight excluding hydrogens is 247 g/mol. The van der Waals surface area contributed by atoms with Crippen molar-refractivity contribution in [3.63, 3.8) is 0 Å². The maximum Gasteiger partial charge on any atom is 0.259 e. The predicted molar refractivity (Wildman–Crippen MR) is 71.1 cm³/mol. The first-order chi connectivity index (χ1) is 9.10. The van der Waals surface area contributed by atoms with Crippen LogP contribution in [0.5, 0.6) is 0 Å². The molecule has 0 saturated heterocycles. The Morgan fingerprint density at radius 2 is 2.00 bits per heavy atom. The predicted octanol–water partition coefficient (Wildman–Crippen LogP) is 2.07. The summed E-state index contributed by atoms with van der Waals surface area (Å²) in [6.45, 7) is 1.79. The van der Waals surface area contributed by atoms with Crippen molar-refractivity contribution in [2.24, 2.45) is 5.84 Å². The molecule has 19 heavy (non-hydrogen) atoms. The third kappa shape index (κ3) is 3.05. The minimum Gasteiger partial charge on any atom is -0.323 e. The molecule has 2 rings (SSSR count). The Hall–Kier alpha value is -2.47. The normalized spacial score (nSPS) is 10.1. The van der Waals surface area contributed by atoms with Gasteiger partial charge in [0.1, 0.15) is 5.82 Å². The van der Waals surface area contributed by atoms with Crippen LogP contribution in [0.2, 0.25) is 0 Å². The second-order valence-electron chi connectivity index (χ2n) is 3.98. The van der Waals surface area contributed by atoms with Crippen molar-refractivity contribution in [2.45, 2.75) is 6.92 Å². The molecule has 1 amide bonds. The number of benzene rings is 1. The fraction of sp³-hybridized carbons (Fsp3) is 0.0769. The summed E-state index contributed by atoms with van der Waals surface area (Å²) >= 11 is 0. The number of anilines is 2. The standard InChI is InChI=1S/C13H13FN4O/c1-8-6-12(18-15)11(7-16-8)13(19)17-10-4-2-9(14)3-5-10/h2-7H,15H2,1H3,(H,16,18)(H,17,19). The lowest BCUT2D eigenvalue weighted by Gasteiger charge is -2.10. The van der Waals surface area contributed by atoms with Crippen molar-refractivity contribution >= 4 is 17.3 Å². The Morgan fingerprint density at radius 3 is 2.63 bits per heavy atom. The highest BCUT2D eigenvalue weighted by molar-refractivity contribution is 6.07. The zero-order valence-electron chi connectivity index (χ0n) is 10.3. The van der Waals surface area contributed by atoms with E-state index in [9.17, 15) is 9.18 Å². The van der Waals surface area contributed by atoms with E-state index in [0.717, 1.165) is 5.69 Å². The number of nitrogens with two attached hydrogens (primary N) is 1. The van der Waals surface area contributed by atoms with Crippen molar-refractivity contribution in [1.29, 1.82) is 0 Å². The van der Waals surface area contributed by atoms with Crippen LogP contribution in [0.3, 0.4) is 0 Å². The van der Waals surface area contributed by atoms with E-state index in [1.54, 1.807) is 13.0 Å². The Labute approximate surface area is 109 Å². The SMILES string of the molecule is Cc1cc(NN)c(C(=O)Nc2ccc(F)cc2)cn1. The average molecular weight is 260 g/mol. The lowest BCUT2D eigenvalue weighted by Crippen LogP contribution is -2.18. The Bertz CT molecular complexity index is 598. The van der Waals surface area contributed by atoms with E-state index in [-0.39, 0.29) is 11.7 Å². The van der Waals surface area contributed by atoms with E-state index >= 15 is 0 Å². The first-order valence-electron chi connectivity index (χ1n) is 5.60. The molecule has 0 unspecified atom stereocenters. The lowest BCUT2D eigenvalue weighted by atomic mass is 10.2. The molecule has 1 heterocycles. The molecule has 0 bridgehead atoms. The van der Waals surface area contributed by atoms with Gasteiger partial charge in [-0.25, -0.2) is 4.39 Å². The van der Waals surface area contributed by atoms with E-state index in [2.05, 4.69) is 15.7 Å². The Kier molecular flexibility index (Phi) is 3.72. The molecule has 5 nitrogen and oxygen atoms in total. The van der Waals surface area contributed by atoms with Crippen molar-refractivity contribution in [2.75, 3.05) is 10.7 Å². The fourth-order valence-electron chi connectivity index (χ4n) is 1.59. The van der Waals surface area contributed by atoms with Gasteiger partial charge in [-0.15, -0.1) is 0 Å². The Morgan fingerprint density at radius 1 is 1.32 bits per heavy atom. The molecule has 6 heteroatoms. The first kappa shape index (κ1) is 13.0. The molecule has 1 aromatic heterocycles. The number of nitrogens with one attached hydrogen (secondary N) is 2. The first-order valence-corrected chi connectivity index (χ1v) is 5.60. The number of nitrogens with zero attached hydrogens (tertiary/aromatic N) is 1. The molecule has 0 radical (unpaired) electrons. The maximum atomic E-state index is 12.8. The summed E-state index contributed by atoms with van der Waals surface area (Å²) < 4.78 is 12.8. The fourth-order valence-corrected chi connectivity index (χ4v) is 1.59. The molecule has 0 saturated carbocycles. The molecule has 0 spiro atoms. The molecule has 0 atom stereocenters. The zero-order chi connectivity index (χ0) is 13.8. The van der Waals surface area contributed by atoms with Crippen LogP contribution in [0.15, 0.2) is 36.5 Å². The van der Waals surface area contributed by atoms with Gasteiger partial charge in [-0.05, 0) is 37.3 Å². The van der Waals surface area contributed by atoms with Crippen LogP contribution in [-0.4, -0.2) is 10.9 Å². The molecule has 0 fully saturated rings. The van der Waals surface area contributed by atoms with Crippen LogP contribution >= 0.6 is 0 Å². The van der Waals surface area contributed by atoms with Gasteiger partial charge in [-0.1, -0.05) is 0 Å². The summed E-state index contributed by atoms with van der Waals surface area (Å²) in [6.07, 6.45) is 1.43. The van der Waals surface area contributed by atoms with Gasteiger partial charge in [-0.2, -0.15) is 0 Å². The number of carbonyl (C=O) groups is 1. The van der Waals surface area contributed by atoms with Gasteiger partial charge < -0.3 is 10.7 Å². The molecule has 4 N–H and O–H groups in total. The summed E-state index contributed by atoms with van der Waals surface area (Å²) in [6, 6.07) is 7.16. The van der Waals surface area contributed by atoms with Crippen LogP contribution in [0.1, 0.15) is 16.1 Å². The molecule has 0 aliphatic heterocycles. The Balaban J connectivity index is 2.22. The van der Waals surface area contributed by atoms with Crippen LogP contribution in [-0.2, 0) is 0 Å². The van der Waals surface area contributed by atoms with Gasteiger partial charge in [0.25, 0.3) is 5.91 Å². The van der Waals surface area contributed by atoms with Crippen LogP contribution in [0.4, 0.5) is 15.8 Å². The van der Waals surface area contributed by atoms with Gasteiger partial charge in [0.05, 0.1) is 11.3 Å². The highest BCUT2D eigenvalue weighted by atomic mass is 19.1. The van der Waals surface area contributed by atoms with E-state index in [1.807, 2.05) is 0 Å². The monoisotopic (exact) mass is 260 g/mol. The molecule has 1 aromatic carbocycles. The minimum absolute atomic E-state index is 0.317. The van der Waals surface area contributed by atoms with E-state index in [0.29, 0.717) is 16.9 Å². The highest BCUT2D eigenvalue weighted by Gasteiger charge is 2.12. The number of nitrogen functional groups attached to an aromatic ring is 1. The topological polar surface area (TPSA) is 80.0 Å². The number of carbonyl (C=O) groups excluding carboxylic acids is 1. The van der Waals surface area contributed by atoms with Gasteiger partial charge >= 0.3 is 0 Å². The number of halogens is 1. The molecular formula is C13H13FN4O. The van der Waals surface area contributed by atoms with Crippen molar-refractivity contribution in [3.05, 3.63) is 53.6 Å². The van der Waals surface area contributed by atoms with Crippen molar-refractivity contribution < 1.29 is 9.18 Å². The van der Waals surface area contributed by atoms with Crippen LogP contribution in [0, 0.1) is 12.7 Å². The van der Waals surface area contributed by atoms with Crippen molar-refractivity contribution in [3.8, 4) is 0 Å². The number of amides is 1. The summed E-state index contributed by atoms with van der Waals surface area (Å²) in [5, 5.41) is 2.64. The van der Waals surface area contributed by atoms with E-state index in [4.69, 9.17) is 5.84 Å². The molecule has 98 valence electrons. The quantitative estimate of drug-likeness (QED) is 0.583. The number of pyridine rings is 1. The smallest absolute Gasteiger partial charge is 0.259 e. The molecule has 0 aliphatic rings. The number of aryl methyl sites for hydroxylation is 1. The maximum absolute atomic E-state index is 12.8. The zero-order valence-corrected chi connectivity index (χ0v) is 10.3. The number of rotatable bonds is 3. The van der Waals surface area contributed by atoms with Crippen LogP contribution < -0.4 is 16.6 Å². The summed E-state index contributed by atoms with van der Waals surface area (Å²) in [5.74, 6) is 4.63. The van der Waals surface area contributed by atoms with E-state index < -0.39 is 0 Å². The van der Waals surface area contributed by atoms with Gasteiger partial charge in [-0.3, -0.25) is 15.6 Å². The van der Waals surface area contributed by atoms with Gasteiger partial charge in [0, 0.05) is 17.6 Å². The largest absolute Gasteiger partial charge is 0.323 e. The second kappa shape index (κ2) is 5.45. The highest BCUT2D eigenvalue weighted by Crippen LogP contribution is 2.17. The van der Waals surface area contributed by atoms with Gasteiger partial charge in [0.2, 0.25) is 0 Å². The van der Waals surface area contributed by atoms with Crippen LogP contribution in [0.25, 0.3) is 0 Å². The third-order valence-electron chi connectivity index (χ3n) is 2.54. The lowest BCUT2D eigenvalue weighted by molar-refractivity contribution is 0.102. The summed E-state index contributed by atoms with van der Waals surface area (Å²) in [7, 11) is 0. The number of aromatic nitrogens is 1.